The normalized spacial score (nSPS) is 10.2. The van der Waals surface area contributed by atoms with Crippen LogP contribution in [0.15, 0.2) is 30.3 Å². The average Bonchev–Trinajstić information content (AvgIpc) is 2.61. The second-order valence-electron chi connectivity index (χ2n) is 6.15. The van der Waals surface area contributed by atoms with Gasteiger partial charge in [0.05, 0.1) is 24.1 Å². The molecule has 0 atom stereocenters. The summed E-state index contributed by atoms with van der Waals surface area (Å²) >= 11 is 0. The summed E-state index contributed by atoms with van der Waals surface area (Å²) in [5.74, 6) is -0.852. The van der Waals surface area contributed by atoms with Crippen LogP contribution in [0.4, 0.5) is 11.4 Å². The van der Waals surface area contributed by atoms with Gasteiger partial charge < -0.3 is 15.4 Å². The molecule has 0 aromatic heterocycles. The Labute approximate surface area is 156 Å². The highest BCUT2D eigenvalue weighted by Crippen LogP contribution is 2.24. The Kier molecular flexibility index (Phi) is 6.12. The van der Waals surface area contributed by atoms with Crippen LogP contribution in [0.1, 0.15) is 27.0 Å². The van der Waals surface area contributed by atoms with E-state index in [9.17, 15) is 19.7 Å². The Morgan fingerprint density at radius 1 is 1.11 bits per heavy atom. The van der Waals surface area contributed by atoms with Crippen LogP contribution in [0.3, 0.4) is 0 Å². The van der Waals surface area contributed by atoms with E-state index in [2.05, 4.69) is 10.6 Å². The van der Waals surface area contributed by atoms with E-state index in [1.54, 1.807) is 0 Å². The molecule has 0 bridgehead atoms. The number of aryl methyl sites for hydroxylation is 3. The van der Waals surface area contributed by atoms with E-state index >= 15 is 0 Å². The van der Waals surface area contributed by atoms with E-state index < -0.39 is 16.7 Å². The van der Waals surface area contributed by atoms with Crippen LogP contribution in [0, 0.1) is 30.9 Å². The zero-order valence-electron chi connectivity index (χ0n) is 15.6. The van der Waals surface area contributed by atoms with E-state index in [-0.39, 0.29) is 23.5 Å². The molecule has 0 saturated carbocycles. The van der Waals surface area contributed by atoms with Crippen molar-refractivity contribution in [2.24, 2.45) is 0 Å². The summed E-state index contributed by atoms with van der Waals surface area (Å²) in [4.78, 5) is 34.8. The van der Waals surface area contributed by atoms with Gasteiger partial charge in [0.25, 0.3) is 11.6 Å². The van der Waals surface area contributed by atoms with Crippen LogP contribution in [0.25, 0.3) is 0 Å². The van der Waals surface area contributed by atoms with Gasteiger partial charge in [-0.25, -0.2) is 0 Å². The predicted molar refractivity (Wildman–Crippen MR) is 101 cm³/mol. The van der Waals surface area contributed by atoms with Gasteiger partial charge in [-0.1, -0.05) is 17.7 Å². The van der Waals surface area contributed by atoms with Gasteiger partial charge in [0, 0.05) is 17.8 Å². The number of anilines is 1. The second kappa shape index (κ2) is 8.31. The molecule has 0 radical (unpaired) electrons. The first-order valence-electron chi connectivity index (χ1n) is 8.21. The number of nitro benzene ring substituents is 1. The number of nitrogens with zero attached hydrogens (tertiary/aromatic N) is 1. The van der Waals surface area contributed by atoms with Crippen molar-refractivity contribution < 1.29 is 19.2 Å². The van der Waals surface area contributed by atoms with Gasteiger partial charge in [-0.05, 0) is 38.0 Å². The number of amides is 2. The Hall–Kier alpha value is -3.42. The number of carbonyl (C=O) groups excluding carboxylic acids is 2. The van der Waals surface area contributed by atoms with Gasteiger partial charge in [0.15, 0.2) is 0 Å². The maximum Gasteiger partial charge on any atom is 0.270 e. The molecule has 0 spiro atoms. The van der Waals surface area contributed by atoms with Crippen molar-refractivity contribution in [3.8, 4) is 5.75 Å². The lowest BCUT2D eigenvalue weighted by Gasteiger charge is -2.13. The minimum absolute atomic E-state index is 0.0119. The molecule has 8 nitrogen and oxygen atoms in total. The Morgan fingerprint density at radius 2 is 1.74 bits per heavy atom. The minimum Gasteiger partial charge on any atom is -0.496 e. The third-order valence-electron chi connectivity index (χ3n) is 3.99. The summed E-state index contributed by atoms with van der Waals surface area (Å²) in [6.07, 6.45) is 0. The number of nitrogens with one attached hydrogen (secondary N) is 2. The molecule has 2 aromatic rings. The lowest BCUT2D eigenvalue weighted by molar-refractivity contribution is -0.384. The Bertz CT molecular complexity index is 885. The maximum atomic E-state index is 12.3. The molecule has 27 heavy (non-hydrogen) atoms. The summed E-state index contributed by atoms with van der Waals surface area (Å²) < 4.78 is 5.06. The molecule has 8 heteroatoms. The van der Waals surface area contributed by atoms with Crippen molar-refractivity contribution in [2.45, 2.75) is 20.8 Å². The van der Waals surface area contributed by atoms with Gasteiger partial charge in [-0.2, -0.15) is 0 Å². The number of non-ortho nitro benzene ring substituents is 1. The van der Waals surface area contributed by atoms with Crippen LogP contribution in [0.2, 0.25) is 0 Å². The molecular weight excluding hydrogens is 350 g/mol. The predicted octanol–water partition coefficient (Wildman–Crippen LogP) is 2.90. The van der Waals surface area contributed by atoms with Crippen LogP contribution in [-0.4, -0.2) is 30.4 Å². The molecule has 0 fully saturated rings. The zero-order valence-corrected chi connectivity index (χ0v) is 15.6. The third-order valence-corrected chi connectivity index (χ3v) is 3.99. The second-order valence-corrected chi connectivity index (χ2v) is 6.15. The fourth-order valence-corrected chi connectivity index (χ4v) is 2.80. The van der Waals surface area contributed by atoms with E-state index in [0.29, 0.717) is 5.69 Å². The zero-order chi connectivity index (χ0) is 20.1. The summed E-state index contributed by atoms with van der Waals surface area (Å²) in [6.45, 7) is 5.47. The molecule has 0 aliphatic carbocycles. The van der Waals surface area contributed by atoms with E-state index in [4.69, 9.17) is 4.74 Å². The molecule has 0 aliphatic heterocycles. The molecule has 0 saturated heterocycles. The van der Waals surface area contributed by atoms with Crippen molar-refractivity contribution in [2.75, 3.05) is 19.0 Å². The molecule has 0 aliphatic rings. The molecule has 2 rings (SSSR count). The fraction of sp³-hybridized carbons (Fsp3) is 0.263. The highest BCUT2D eigenvalue weighted by Gasteiger charge is 2.18. The van der Waals surface area contributed by atoms with Crippen molar-refractivity contribution in [1.82, 2.24) is 5.32 Å². The number of carbonyl (C=O) groups is 2. The fourth-order valence-electron chi connectivity index (χ4n) is 2.80. The van der Waals surface area contributed by atoms with Crippen molar-refractivity contribution >= 4 is 23.2 Å². The monoisotopic (exact) mass is 371 g/mol. The number of rotatable bonds is 6. The Balaban J connectivity index is 2.08. The molecule has 142 valence electrons. The quantitative estimate of drug-likeness (QED) is 0.599. The molecule has 2 N–H and O–H groups in total. The molecule has 0 heterocycles. The van der Waals surface area contributed by atoms with E-state index in [1.807, 2.05) is 32.9 Å². The topological polar surface area (TPSA) is 111 Å². The summed E-state index contributed by atoms with van der Waals surface area (Å²) in [5, 5.41) is 16.1. The molecular formula is C19H21N3O5. The van der Waals surface area contributed by atoms with E-state index in [1.165, 1.54) is 19.2 Å². The number of hydrogen-bond acceptors (Lipinski definition) is 5. The first kappa shape index (κ1) is 19.9. The lowest BCUT2D eigenvalue weighted by Crippen LogP contribution is -2.33. The SMILES string of the molecule is COc1ccc([N+](=O)[O-])cc1C(=O)NCC(=O)Nc1c(C)cc(C)cc1C. The maximum absolute atomic E-state index is 12.3. The summed E-state index contributed by atoms with van der Waals surface area (Å²) in [7, 11) is 1.35. The summed E-state index contributed by atoms with van der Waals surface area (Å²) in [5.41, 5.74) is 3.39. The van der Waals surface area contributed by atoms with Crippen LogP contribution in [-0.2, 0) is 4.79 Å². The van der Waals surface area contributed by atoms with Crippen LogP contribution < -0.4 is 15.4 Å². The third kappa shape index (κ3) is 4.81. The Morgan fingerprint density at radius 3 is 2.30 bits per heavy atom. The smallest absolute Gasteiger partial charge is 0.270 e. The minimum atomic E-state index is -0.636. The standard InChI is InChI=1S/C19H21N3O5/c1-11-7-12(2)18(13(3)8-11)21-17(23)10-20-19(24)15-9-14(22(25)26)5-6-16(15)27-4/h5-9H,10H2,1-4H3,(H,20,24)(H,21,23). The first-order chi connectivity index (χ1) is 12.7. The number of benzene rings is 2. The highest BCUT2D eigenvalue weighted by atomic mass is 16.6. The number of methoxy groups -OCH3 is 1. The summed E-state index contributed by atoms with van der Waals surface area (Å²) in [6, 6.07) is 7.60. The van der Waals surface area contributed by atoms with Crippen molar-refractivity contribution in [3.05, 3.63) is 62.7 Å². The van der Waals surface area contributed by atoms with Gasteiger partial charge >= 0.3 is 0 Å². The molecule has 0 unspecified atom stereocenters. The number of ether oxygens (including phenoxy) is 1. The van der Waals surface area contributed by atoms with E-state index in [0.717, 1.165) is 22.8 Å². The van der Waals surface area contributed by atoms with Crippen molar-refractivity contribution in [1.29, 1.82) is 0 Å². The highest BCUT2D eigenvalue weighted by molar-refractivity contribution is 6.01. The van der Waals surface area contributed by atoms with Crippen molar-refractivity contribution in [3.63, 3.8) is 0 Å². The van der Waals surface area contributed by atoms with Crippen LogP contribution >= 0.6 is 0 Å². The number of nitro groups is 1. The lowest BCUT2D eigenvalue weighted by atomic mass is 10.1. The van der Waals surface area contributed by atoms with Gasteiger partial charge in [-0.3, -0.25) is 19.7 Å². The molecule has 2 aromatic carbocycles. The first-order valence-corrected chi connectivity index (χ1v) is 8.21. The molecule has 2 amide bonds. The van der Waals surface area contributed by atoms with Gasteiger partial charge in [0.1, 0.15) is 5.75 Å². The largest absolute Gasteiger partial charge is 0.496 e. The average molecular weight is 371 g/mol. The van der Waals surface area contributed by atoms with Gasteiger partial charge in [0.2, 0.25) is 5.91 Å². The van der Waals surface area contributed by atoms with Crippen LogP contribution in [0.5, 0.6) is 5.75 Å². The van der Waals surface area contributed by atoms with Gasteiger partial charge in [-0.15, -0.1) is 0 Å². The number of hydrogen-bond donors (Lipinski definition) is 2.